The molecule has 0 aliphatic heterocycles. The Labute approximate surface area is 131 Å². The van der Waals surface area contributed by atoms with Crippen molar-refractivity contribution in [2.45, 2.75) is 66.5 Å². The lowest BCUT2D eigenvalue weighted by atomic mass is 9.82. The predicted octanol–water partition coefficient (Wildman–Crippen LogP) is 4.36. The molecule has 0 saturated heterocycles. The van der Waals surface area contributed by atoms with Gasteiger partial charge in [0.2, 0.25) is 0 Å². The van der Waals surface area contributed by atoms with E-state index in [2.05, 4.69) is 71.1 Å². The molecule has 2 heteroatoms. The smallest absolute Gasteiger partial charge is 0.0779 e. The van der Waals surface area contributed by atoms with Gasteiger partial charge < -0.3 is 10.1 Å². The van der Waals surface area contributed by atoms with Gasteiger partial charge in [0.05, 0.1) is 6.10 Å². The van der Waals surface area contributed by atoms with Crippen molar-refractivity contribution in [3.05, 3.63) is 35.4 Å². The molecular weight excluding hydrogens is 258 g/mol. The first kappa shape index (κ1) is 18.2. The number of hydrogen-bond donors (Lipinski definition) is 1. The quantitative estimate of drug-likeness (QED) is 0.768. The van der Waals surface area contributed by atoms with Gasteiger partial charge >= 0.3 is 0 Å². The zero-order chi connectivity index (χ0) is 15.9. The fraction of sp³-hybridized carbons (Fsp3) is 0.684. The second-order valence-electron chi connectivity index (χ2n) is 6.99. The zero-order valence-electron chi connectivity index (χ0n) is 14.7. The molecule has 1 aromatic carbocycles. The van der Waals surface area contributed by atoms with Crippen molar-refractivity contribution < 1.29 is 4.74 Å². The molecule has 2 nitrogen and oxygen atoms in total. The lowest BCUT2D eigenvalue weighted by Gasteiger charge is -2.37. The van der Waals surface area contributed by atoms with Crippen LogP contribution < -0.4 is 5.32 Å². The number of aryl methyl sites for hydroxylation is 1. The van der Waals surface area contributed by atoms with Crippen molar-refractivity contribution >= 4 is 0 Å². The highest BCUT2D eigenvalue weighted by Crippen LogP contribution is 2.27. The molecule has 1 aromatic rings. The largest absolute Gasteiger partial charge is 0.376 e. The molecule has 0 radical (unpaired) electrons. The first-order chi connectivity index (χ1) is 9.88. The van der Waals surface area contributed by atoms with Gasteiger partial charge in [-0.25, -0.2) is 0 Å². The lowest BCUT2D eigenvalue weighted by molar-refractivity contribution is -0.0355. The molecule has 0 aliphatic carbocycles. The maximum Gasteiger partial charge on any atom is 0.0779 e. The molecule has 0 heterocycles. The summed E-state index contributed by atoms with van der Waals surface area (Å²) in [6.45, 7) is 15.0. The lowest BCUT2D eigenvalue weighted by Crippen LogP contribution is -2.49. The van der Waals surface area contributed by atoms with Crippen molar-refractivity contribution in [1.82, 2.24) is 5.32 Å². The molecule has 0 bridgehead atoms. The summed E-state index contributed by atoms with van der Waals surface area (Å²) in [7, 11) is 0. The molecule has 2 atom stereocenters. The van der Waals surface area contributed by atoms with Crippen molar-refractivity contribution in [2.24, 2.45) is 5.41 Å². The molecule has 0 amide bonds. The van der Waals surface area contributed by atoms with Crippen molar-refractivity contribution in [3.63, 3.8) is 0 Å². The second-order valence-corrected chi connectivity index (χ2v) is 6.99. The summed E-state index contributed by atoms with van der Waals surface area (Å²) >= 11 is 0. The Balaban J connectivity index is 2.88. The van der Waals surface area contributed by atoms with Crippen LogP contribution in [0.2, 0.25) is 0 Å². The molecule has 2 unspecified atom stereocenters. The van der Waals surface area contributed by atoms with E-state index < -0.39 is 0 Å². The third-order valence-electron chi connectivity index (χ3n) is 3.80. The van der Waals surface area contributed by atoms with Crippen LogP contribution in [0.25, 0.3) is 0 Å². The number of hydrogen-bond acceptors (Lipinski definition) is 2. The maximum absolute atomic E-state index is 6.10. The van der Waals surface area contributed by atoms with Crippen molar-refractivity contribution in [1.29, 1.82) is 0 Å². The van der Waals surface area contributed by atoms with Crippen LogP contribution in [0.5, 0.6) is 0 Å². The maximum atomic E-state index is 6.10. The fourth-order valence-electron chi connectivity index (χ4n) is 2.74. The van der Waals surface area contributed by atoms with E-state index >= 15 is 0 Å². The molecule has 0 spiro atoms. The summed E-state index contributed by atoms with van der Waals surface area (Å²) in [5.74, 6) is 0. The molecule has 21 heavy (non-hydrogen) atoms. The number of nitrogens with one attached hydrogen (secondary N) is 1. The van der Waals surface area contributed by atoms with Gasteiger partial charge in [0, 0.05) is 12.6 Å². The standard InChI is InChI=1S/C19H33NO/c1-7-13-20-17(18(21-8-2)19(4,5)6)14-16-11-9-15(3)10-12-16/h9-12,17-18,20H,7-8,13-14H2,1-6H3. The average Bonchev–Trinajstić information content (AvgIpc) is 2.42. The molecule has 0 aliphatic rings. The van der Waals surface area contributed by atoms with Gasteiger partial charge in [-0.2, -0.15) is 0 Å². The average molecular weight is 291 g/mol. The Morgan fingerprint density at radius 1 is 1.10 bits per heavy atom. The first-order valence-corrected chi connectivity index (χ1v) is 8.29. The molecular formula is C19H33NO. The van der Waals surface area contributed by atoms with E-state index in [9.17, 15) is 0 Å². The van der Waals surface area contributed by atoms with Crippen LogP contribution in [-0.4, -0.2) is 25.3 Å². The minimum absolute atomic E-state index is 0.131. The summed E-state index contributed by atoms with van der Waals surface area (Å²) in [4.78, 5) is 0. The molecule has 0 fully saturated rings. The van der Waals surface area contributed by atoms with Gasteiger partial charge in [-0.1, -0.05) is 57.5 Å². The summed E-state index contributed by atoms with van der Waals surface area (Å²) < 4.78 is 6.10. The molecule has 0 saturated carbocycles. The third-order valence-corrected chi connectivity index (χ3v) is 3.80. The Bertz CT molecular complexity index is 391. The highest BCUT2D eigenvalue weighted by Gasteiger charge is 2.32. The summed E-state index contributed by atoms with van der Waals surface area (Å²) in [6, 6.07) is 9.22. The van der Waals surface area contributed by atoms with E-state index in [-0.39, 0.29) is 11.5 Å². The van der Waals surface area contributed by atoms with E-state index in [1.54, 1.807) is 0 Å². The first-order valence-electron chi connectivity index (χ1n) is 8.29. The van der Waals surface area contributed by atoms with Gasteiger partial charge in [-0.3, -0.25) is 0 Å². The van der Waals surface area contributed by atoms with Gasteiger partial charge in [0.1, 0.15) is 0 Å². The molecule has 120 valence electrons. The van der Waals surface area contributed by atoms with Crippen LogP contribution >= 0.6 is 0 Å². The van der Waals surface area contributed by atoms with Gasteiger partial charge in [0.25, 0.3) is 0 Å². The van der Waals surface area contributed by atoms with Crippen LogP contribution in [0.4, 0.5) is 0 Å². The third kappa shape index (κ3) is 6.19. The van der Waals surface area contributed by atoms with Gasteiger partial charge in [0.15, 0.2) is 0 Å². The van der Waals surface area contributed by atoms with E-state index in [4.69, 9.17) is 4.74 Å². The second kappa shape index (κ2) is 8.55. The molecule has 1 N–H and O–H groups in total. The normalized spacial score (nSPS) is 15.0. The van der Waals surface area contributed by atoms with Crippen LogP contribution in [0.3, 0.4) is 0 Å². The van der Waals surface area contributed by atoms with Crippen LogP contribution in [-0.2, 0) is 11.2 Å². The Morgan fingerprint density at radius 3 is 2.19 bits per heavy atom. The summed E-state index contributed by atoms with van der Waals surface area (Å²) in [6.07, 6.45) is 2.38. The summed E-state index contributed by atoms with van der Waals surface area (Å²) in [5, 5.41) is 3.70. The number of benzene rings is 1. The highest BCUT2D eigenvalue weighted by atomic mass is 16.5. The monoisotopic (exact) mass is 291 g/mol. The van der Waals surface area contributed by atoms with Gasteiger partial charge in [-0.15, -0.1) is 0 Å². The van der Waals surface area contributed by atoms with E-state index in [0.29, 0.717) is 6.04 Å². The molecule has 1 rings (SSSR count). The van der Waals surface area contributed by atoms with Crippen LogP contribution in [0.15, 0.2) is 24.3 Å². The Hall–Kier alpha value is -0.860. The number of rotatable bonds is 8. The number of ether oxygens (including phenoxy) is 1. The van der Waals surface area contributed by atoms with Crippen molar-refractivity contribution in [3.8, 4) is 0 Å². The van der Waals surface area contributed by atoms with E-state index in [0.717, 1.165) is 26.0 Å². The Kier molecular flexibility index (Phi) is 7.41. The topological polar surface area (TPSA) is 21.3 Å². The minimum Gasteiger partial charge on any atom is -0.376 e. The summed E-state index contributed by atoms with van der Waals surface area (Å²) in [5.41, 5.74) is 2.82. The Morgan fingerprint density at radius 2 is 1.71 bits per heavy atom. The fourth-order valence-corrected chi connectivity index (χ4v) is 2.74. The van der Waals surface area contributed by atoms with Crippen LogP contribution in [0, 0.1) is 12.3 Å². The zero-order valence-corrected chi connectivity index (χ0v) is 14.7. The molecule has 0 aromatic heterocycles. The van der Waals surface area contributed by atoms with E-state index in [1.807, 2.05) is 0 Å². The van der Waals surface area contributed by atoms with E-state index in [1.165, 1.54) is 11.1 Å². The SMILES string of the molecule is CCCNC(Cc1ccc(C)cc1)C(OCC)C(C)(C)C. The van der Waals surface area contributed by atoms with Crippen molar-refractivity contribution in [2.75, 3.05) is 13.2 Å². The predicted molar refractivity (Wildman–Crippen MR) is 91.8 cm³/mol. The van der Waals surface area contributed by atoms with Crippen LogP contribution in [0.1, 0.15) is 52.2 Å². The van der Waals surface area contributed by atoms with Gasteiger partial charge in [-0.05, 0) is 44.2 Å². The minimum atomic E-state index is 0.131. The highest BCUT2D eigenvalue weighted by molar-refractivity contribution is 5.22.